The second kappa shape index (κ2) is 7.79. The molecule has 6 nitrogen and oxygen atoms in total. The number of piperazine rings is 1. The SMILES string of the molecule is Cc1ccccc1C(=O)NCC(=O)N1CCN(c2cccc[nH+]2)CC1. The van der Waals surface area contributed by atoms with E-state index in [0.717, 1.165) is 24.5 Å². The lowest BCUT2D eigenvalue weighted by Gasteiger charge is -2.31. The Hall–Kier alpha value is -2.89. The van der Waals surface area contributed by atoms with Crippen molar-refractivity contribution in [3.63, 3.8) is 0 Å². The van der Waals surface area contributed by atoms with Crippen LogP contribution >= 0.6 is 0 Å². The summed E-state index contributed by atoms with van der Waals surface area (Å²) in [5.41, 5.74) is 1.51. The number of anilines is 1. The monoisotopic (exact) mass is 339 g/mol. The minimum atomic E-state index is -0.205. The van der Waals surface area contributed by atoms with Gasteiger partial charge in [-0.3, -0.25) is 14.5 Å². The molecule has 130 valence electrons. The summed E-state index contributed by atoms with van der Waals surface area (Å²) >= 11 is 0. The van der Waals surface area contributed by atoms with Gasteiger partial charge >= 0.3 is 0 Å². The van der Waals surface area contributed by atoms with E-state index in [0.29, 0.717) is 18.7 Å². The van der Waals surface area contributed by atoms with Crippen LogP contribution < -0.4 is 15.2 Å². The molecular formula is C19H23N4O2+. The fourth-order valence-electron chi connectivity index (χ4n) is 2.97. The molecule has 1 saturated heterocycles. The normalized spacial score (nSPS) is 14.3. The van der Waals surface area contributed by atoms with E-state index < -0.39 is 0 Å². The van der Waals surface area contributed by atoms with Gasteiger partial charge in [0.05, 0.1) is 25.8 Å². The first-order chi connectivity index (χ1) is 12.1. The third-order valence-electron chi connectivity index (χ3n) is 4.46. The fourth-order valence-corrected chi connectivity index (χ4v) is 2.97. The summed E-state index contributed by atoms with van der Waals surface area (Å²) in [5, 5.41) is 2.73. The minimum Gasteiger partial charge on any atom is -0.343 e. The summed E-state index contributed by atoms with van der Waals surface area (Å²) in [6, 6.07) is 13.3. The molecule has 0 aliphatic carbocycles. The molecule has 2 amide bonds. The van der Waals surface area contributed by atoms with Gasteiger partial charge in [-0.1, -0.05) is 24.3 Å². The molecule has 0 atom stereocenters. The number of carbonyl (C=O) groups excluding carboxylic acids is 2. The molecule has 2 heterocycles. The summed E-state index contributed by atoms with van der Waals surface area (Å²) in [7, 11) is 0. The van der Waals surface area contributed by atoms with Crippen LogP contribution in [0.2, 0.25) is 0 Å². The highest BCUT2D eigenvalue weighted by molar-refractivity contribution is 5.97. The second-order valence-electron chi connectivity index (χ2n) is 6.11. The number of carbonyl (C=O) groups is 2. The van der Waals surface area contributed by atoms with Crippen LogP contribution in [0, 0.1) is 6.92 Å². The van der Waals surface area contributed by atoms with Crippen LogP contribution in [0.25, 0.3) is 0 Å². The van der Waals surface area contributed by atoms with Crippen molar-refractivity contribution in [1.29, 1.82) is 0 Å². The highest BCUT2D eigenvalue weighted by Crippen LogP contribution is 2.10. The van der Waals surface area contributed by atoms with Gasteiger partial charge in [0.25, 0.3) is 11.7 Å². The van der Waals surface area contributed by atoms with Crippen molar-refractivity contribution in [3.05, 3.63) is 59.8 Å². The predicted octanol–water partition coefficient (Wildman–Crippen LogP) is 0.888. The van der Waals surface area contributed by atoms with E-state index >= 15 is 0 Å². The van der Waals surface area contributed by atoms with Crippen LogP contribution in [0.3, 0.4) is 0 Å². The molecule has 1 aliphatic rings. The van der Waals surface area contributed by atoms with Gasteiger partial charge in [0.15, 0.2) is 0 Å². The van der Waals surface area contributed by atoms with Crippen LogP contribution in [0.15, 0.2) is 48.7 Å². The van der Waals surface area contributed by atoms with Crippen LogP contribution in [0.4, 0.5) is 5.82 Å². The number of rotatable bonds is 4. The van der Waals surface area contributed by atoms with E-state index in [2.05, 4.69) is 15.2 Å². The standard InChI is InChI=1S/C19H22N4O2/c1-15-6-2-3-7-16(15)19(25)21-14-18(24)23-12-10-22(11-13-23)17-8-4-5-9-20-17/h2-9H,10-14H2,1H3,(H,21,25)/p+1. The van der Waals surface area contributed by atoms with Gasteiger partial charge in [-0.2, -0.15) is 0 Å². The zero-order valence-electron chi connectivity index (χ0n) is 14.4. The second-order valence-corrected chi connectivity index (χ2v) is 6.11. The first-order valence-corrected chi connectivity index (χ1v) is 8.48. The molecule has 2 aromatic rings. The minimum absolute atomic E-state index is 0.0324. The number of aromatic amines is 1. The van der Waals surface area contributed by atoms with Gasteiger partial charge in [0.2, 0.25) is 5.91 Å². The third-order valence-corrected chi connectivity index (χ3v) is 4.46. The van der Waals surface area contributed by atoms with Gasteiger partial charge in [-0.05, 0) is 24.6 Å². The van der Waals surface area contributed by atoms with Crippen molar-refractivity contribution >= 4 is 17.6 Å². The fraction of sp³-hybridized carbons (Fsp3) is 0.316. The van der Waals surface area contributed by atoms with E-state index in [4.69, 9.17) is 0 Å². The molecular weight excluding hydrogens is 316 g/mol. The molecule has 25 heavy (non-hydrogen) atoms. The van der Waals surface area contributed by atoms with E-state index in [-0.39, 0.29) is 18.4 Å². The number of aryl methyl sites for hydroxylation is 1. The number of pyridine rings is 1. The predicted molar refractivity (Wildman–Crippen MR) is 95.3 cm³/mol. The summed E-state index contributed by atoms with van der Waals surface area (Å²) in [5.74, 6) is 0.810. The molecule has 1 aliphatic heterocycles. The zero-order valence-corrected chi connectivity index (χ0v) is 14.4. The lowest BCUT2D eigenvalue weighted by molar-refractivity contribution is -0.364. The highest BCUT2D eigenvalue weighted by Gasteiger charge is 2.26. The summed E-state index contributed by atoms with van der Waals surface area (Å²) in [4.78, 5) is 31.8. The maximum Gasteiger partial charge on any atom is 0.274 e. The van der Waals surface area contributed by atoms with Crippen LogP contribution in [0.5, 0.6) is 0 Å². The Morgan fingerprint density at radius 3 is 2.44 bits per heavy atom. The van der Waals surface area contributed by atoms with Crippen molar-refractivity contribution in [2.75, 3.05) is 37.6 Å². The zero-order chi connectivity index (χ0) is 17.6. The smallest absolute Gasteiger partial charge is 0.274 e. The first kappa shape index (κ1) is 17.0. The summed E-state index contributed by atoms with van der Waals surface area (Å²) in [6.45, 7) is 4.78. The van der Waals surface area contributed by atoms with Crippen molar-refractivity contribution < 1.29 is 14.6 Å². The van der Waals surface area contributed by atoms with Crippen LogP contribution in [0.1, 0.15) is 15.9 Å². The van der Waals surface area contributed by atoms with Crippen molar-refractivity contribution in [1.82, 2.24) is 10.2 Å². The number of nitrogens with one attached hydrogen (secondary N) is 2. The number of aromatic nitrogens is 1. The van der Waals surface area contributed by atoms with Crippen LogP contribution in [-0.2, 0) is 4.79 Å². The summed E-state index contributed by atoms with van der Waals surface area (Å²) < 4.78 is 0. The number of benzene rings is 1. The molecule has 3 rings (SSSR count). The third kappa shape index (κ3) is 4.15. The molecule has 1 aromatic carbocycles. The number of nitrogens with zero attached hydrogens (tertiary/aromatic N) is 2. The van der Waals surface area contributed by atoms with Gasteiger partial charge in [0.1, 0.15) is 13.1 Å². The number of hydrogen-bond donors (Lipinski definition) is 1. The Morgan fingerprint density at radius 1 is 1.04 bits per heavy atom. The lowest BCUT2D eigenvalue weighted by atomic mass is 10.1. The van der Waals surface area contributed by atoms with Crippen LogP contribution in [-0.4, -0.2) is 49.4 Å². The summed E-state index contributed by atoms with van der Waals surface area (Å²) in [6.07, 6.45) is 1.90. The maximum absolute atomic E-state index is 12.3. The van der Waals surface area contributed by atoms with Gasteiger partial charge in [-0.15, -0.1) is 0 Å². The lowest BCUT2D eigenvalue weighted by Crippen LogP contribution is -2.52. The Balaban J connectivity index is 1.48. The van der Waals surface area contributed by atoms with E-state index in [1.165, 1.54) is 0 Å². The number of H-pyrrole nitrogens is 1. The number of hydrogen-bond acceptors (Lipinski definition) is 3. The molecule has 0 saturated carbocycles. The molecule has 2 N–H and O–H groups in total. The van der Waals surface area contributed by atoms with Crippen molar-refractivity contribution in [3.8, 4) is 0 Å². The topological polar surface area (TPSA) is 66.8 Å². The van der Waals surface area contributed by atoms with E-state index in [9.17, 15) is 9.59 Å². The van der Waals surface area contributed by atoms with E-state index in [1.807, 2.05) is 49.5 Å². The Labute approximate surface area is 147 Å². The van der Waals surface area contributed by atoms with Gasteiger partial charge in [-0.25, -0.2) is 4.98 Å². The molecule has 0 radical (unpaired) electrons. The first-order valence-electron chi connectivity index (χ1n) is 8.48. The molecule has 0 spiro atoms. The number of amides is 2. The van der Waals surface area contributed by atoms with Crippen molar-refractivity contribution in [2.45, 2.75) is 6.92 Å². The maximum atomic E-state index is 12.3. The average molecular weight is 339 g/mol. The van der Waals surface area contributed by atoms with Gasteiger partial charge < -0.3 is 10.2 Å². The molecule has 6 heteroatoms. The average Bonchev–Trinajstić information content (AvgIpc) is 2.67. The Bertz CT molecular complexity index is 740. The largest absolute Gasteiger partial charge is 0.343 e. The van der Waals surface area contributed by atoms with Crippen molar-refractivity contribution in [2.24, 2.45) is 0 Å². The molecule has 1 aromatic heterocycles. The molecule has 0 bridgehead atoms. The molecule has 0 unspecified atom stereocenters. The highest BCUT2D eigenvalue weighted by atomic mass is 16.2. The Kier molecular flexibility index (Phi) is 5.28. The van der Waals surface area contributed by atoms with E-state index in [1.54, 1.807) is 11.0 Å². The van der Waals surface area contributed by atoms with Gasteiger partial charge in [0, 0.05) is 11.6 Å². The quantitative estimate of drug-likeness (QED) is 0.899. The Morgan fingerprint density at radius 2 is 1.76 bits per heavy atom. The molecule has 1 fully saturated rings.